The Hall–Kier alpha value is -1.36. The van der Waals surface area contributed by atoms with Gasteiger partial charge >= 0.3 is 0 Å². The molecular weight excluding hydrogens is 315 g/mol. The van der Waals surface area contributed by atoms with E-state index in [1.54, 1.807) is 6.07 Å². The number of halogens is 2. The van der Waals surface area contributed by atoms with Crippen LogP contribution >= 0.6 is 11.6 Å². The Bertz CT molecular complexity index is 749. The molecule has 23 heavy (non-hydrogen) atoms. The van der Waals surface area contributed by atoms with E-state index in [4.69, 9.17) is 17.3 Å². The first kappa shape index (κ1) is 15.2. The molecule has 0 radical (unpaired) electrons. The molecule has 0 amide bonds. The van der Waals surface area contributed by atoms with Gasteiger partial charge in [-0.25, -0.2) is 4.39 Å². The van der Waals surface area contributed by atoms with Gasteiger partial charge < -0.3 is 15.4 Å². The van der Waals surface area contributed by atoms with Crippen LogP contribution in [0.3, 0.4) is 0 Å². The van der Waals surface area contributed by atoms with Crippen LogP contribution in [-0.4, -0.2) is 21.3 Å². The van der Waals surface area contributed by atoms with E-state index in [2.05, 4.69) is 4.57 Å². The number of hydrogen-bond acceptors (Lipinski definition) is 2. The minimum absolute atomic E-state index is 0.0657. The van der Waals surface area contributed by atoms with Crippen LogP contribution in [0.5, 0.6) is 0 Å². The van der Waals surface area contributed by atoms with Crippen LogP contribution in [-0.2, 0) is 5.54 Å². The molecule has 3 N–H and O–H groups in total. The highest BCUT2D eigenvalue weighted by atomic mass is 35.5. The molecule has 5 heteroatoms. The van der Waals surface area contributed by atoms with E-state index in [0.717, 1.165) is 36.8 Å². The van der Waals surface area contributed by atoms with Gasteiger partial charge in [0.2, 0.25) is 0 Å². The quantitative estimate of drug-likeness (QED) is 0.880. The Morgan fingerprint density at radius 3 is 2.57 bits per heavy atom. The van der Waals surface area contributed by atoms with Crippen molar-refractivity contribution in [2.45, 2.75) is 49.3 Å². The first-order valence-corrected chi connectivity index (χ1v) is 8.41. The normalized spacial score (nSPS) is 33.1. The topological polar surface area (TPSA) is 51.2 Å². The molecule has 122 valence electrons. The number of hydrogen-bond donors (Lipinski definition) is 2. The first-order chi connectivity index (χ1) is 10.9. The lowest BCUT2D eigenvalue weighted by molar-refractivity contribution is -0.0606. The van der Waals surface area contributed by atoms with Gasteiger partial charge in [0.05, 0.1) is 11.1 Å². The second-order valence-electron chi connectivity index (χ2n) is 7.11. The van der Waals surface area contributed by atoms with Gasteiger partial charge in [0.15, 0.2) is 0 Å². The second kappa shape index (κ2) is 5.07. The van der Waals surface area contributed by atoms with Crippen LogP contribution in [0, 0.1) is 5.82 Å². The molecule has 5 rings (SSSR count). The fourth-order valence-electron chi connectivity index (χ4n) is 4.18. The Morgan fingerprint density at radius 1 is 1.17 bits per heavy atom. The SMILES string of the molecule is NC12CCC(n3ccc(-c4ccc(Cl)c(F)c4)c3)(CC1)C[C@@H]2O. The summed E-state index contributed by atoms with van der Waals surface area (Å²) in [5.41, 5.74) is 7.58. The molecule has 1 atom stereocenters. The van der Waals surface area contributed by atoms with Gasteiger partial charge in [0.1, 0.15) is 5.82 Å². The Balaban J connectivity index is 1.67. The molecule has 2 aromatic rings. The standard InChI is InChI=1S/C18H20ClFN2O/c19-14-2-1-12(9-15(14)20)13-3-8-22(11-13)17-4-6-18(21,7-5-17)16(23)10-17/h1-3,8-9,11,16,23H,4-7,10,21H2/t16-,17?,18?/m0/s1. The molecule has 3 aliphatic rings. The maximum Gasteiger partial charge on any atom is 0.142 e. The van der Waals surface area contributed by atoms with E-state index in [-0.39, 0.29) is 10.6 Å². The van der Waals surface area contributed by atoms with Crippen molar-refractivity contribution in [3.63, 3.8) is 0 Å². The summed E-state index contributed by atoms with van der Waals surface area (Å²) < 4.78 is 15.9. The molecular formula is C18H20ClFN2O. The third-order valence-corrected chi connectivity index (χ3v) is 6.15. The summed E-state index contributed by atoms with van der Waals surface area (Å²) in [4.78, 5) is 0. The zero-order chi connectivity index (χ0) is 16.2. The van der Waals surface area contributed by atoms with E-state index >= 15 is 0 Å². The van der Waals surface area contributed by atoms with Crippen LogP contribution in [0.15, 0.2) is 36.7 Å². The average molecular weight is 335 g/mol. The largest absolute Gasteiger partial charge is 0.391 e. The van der Waals surface area contributed by atoms with Crippen molar-refractivity contribution in [2.75, 3.05) is 0 Å². The van der Waals surface area contributed by atoms with Gasteiger partial charge in [-0.15, -0.1) is 0 Å². The second-order valence-corrected chi connectivity index (χ2v) is 7.52. The van der Waals surface area contributed by atoms with Gasteiger partial charge in [0, 0.05) is 23.5 Å². The van der Waals surface area contributed by atoms with Crippen LogP contribution in [0.25, 0.3) is 11.1 Å². The highest BCUT2D eigenvalue weighted by Crippen LogP contribution is 2.50. The molecule has 3 fully saturated rings. The molecule has 2 bridgehead atoms. The molecule has 0 spiro atoms. The molecule has 1 heterocycles. The maximum absolute atomic E-state index is 13.7. The summed E-state index contributed by atoms with van der Waals surface area (Å²) in [6.07, 6.45) is 7.95. The van der Waals surface area contributed by atoms with Gasteiger partial charge in [-0.1, -0.05) is 17.7 Å². The highest BCUT2D eigenvalue weighted by Gasteiger charge is 2.52. The number of fused-ring (bicyclic) bond motifs is 3. The number of benzene rings is 1. The fraction of sp³-hybridized carbons (Fsp3) is 0.444. The Morgan fingerprint density at radius 2 is 1.91 bits per heavy atom. The summed E-state index contributed by atoms with van der Waals surface area (Å²) in [6.45, 7) is 0. The molecule has 0 unspecified atom stereocenters. The predicted octanol–water partition coefficient (Wildman–Crippen LogP) is 3.68. The van der Waals surface area contributed by atoms with Crippen molar-refractivity contribution in [1.29, 1.82) is 0 Å². The molecule has 1 aromatic heterocycles. The molecule has 3 saturated carbocycles. The minimum atomic E-state index is -0.455. The summed E-state index contributed by atoms with van der Waals surface area (Å²) in [5.74, 6) is -0.409. The molecule has 1 aromatic carbocycles. The fourth-order valence-corrected chi connectivity index (χ4v) is 4.30. The number of aliphatic hydroxyl groups is 1. The molecule has 0 aliphatic heterocycles. The van der Waals surface area contributed by atoms with Gasteiger partial charge in [-0.05, 0) is 61.4 Å². The van der Waals surface area contributed by atoms with E-state index < -0.39 is 17.5 Å². The van der Waals surface area contributed by atoms with Crippen molar-refractivity contribution < 1.29 is 9.50 Å². The third-order valence-electron chi connectivity index (χ3n) is 5.84. The smallest absolute Gasteiger partial charge is 0.142 e. The predicted molar refractivity (Wildman–Crippen MR) is 88.8 cm³/mol. The number of aliphatic hydroxyl groups excluding tert-OH is 1. The van der Waals surface area contributed by atoms with Crippen LogP contribution in [0.1, 0.15) is 32.1 Å². The summed E-state index contributed by atoms with van der Waals surface area (Å²) in [6, 6.07) is 6.85. The van der Waals surface area contributed by atoms with Crippen molar-refractivity contribution in [3.05, 3.63) is 47.5 Å². The highest BCUT2D eigenvalue weighted by molar-refractivity contribution is 6.30. The van der Waals surface area contributed by atoms with Crippen molar-refractivity contribution in [3.8, 4) is 11.1 Å². The van der Waals surface area contributed by atoms with Gasteiger partial charge in [0.25, 0.3) is 0 Å². The molecule has 3 nitrogen and oxygen atoms in total. The lowest BCUT2D eigenvalue weighted by atomic mass is 9.60. The third kappa shape index (κ3) is 2.32. The summed E-state index contributed by atoms with van der Waals surface area (Å²) in [5, 5.41) is 10.5. The number of rotatable bonds is 2. The summed E-state index contributed by atoms with van der Waals surface area (Å²) in [7, 11) is 0. The zero-order valence-electron chi connectivity index (χ0n) is 12.8. The average Bonchev–Trinajstić information content (AvgIpc) is 3.02. The van der Waals surface area contributed by atoms with Gasteiger partial charge in [-0.2, -0.15) is 0 Å². The van der Waals surface area contributed by atoms with Crippen molar-refractivity contribution in [1.82, 2.24) is 4.57 Å². The van der Waals surface area contributed by atoms with Crippen LogP contribution < -0.4 is 5.73 Å². The number of nitrogens with two attached hydrogens (primary N) is 1. The molecule has 0 saturated heterocycles. The number of nitrogens with zero attached hydrogens (tertiary/aromatic N) is 1. The van der Waals surface area contributed by atoms with Crippen molar-refractivity contribution in [2.24, 2.45) is 5.73 Å². The van der Waals surface area contributed by atoms with Crippen LogP contribution in [0.4, 0.5) is 4.39 Å². The van der Waals surface area contributed by atoms with Crippen LogP contribution in [0.2, 0.25) is 5.02 Å². The first-order valence-electron chi connectivity index (χ1n) is 8.03. The van der Waals surface area contributed by atoms with E-state index in [1.165, 1.54) is 6.07 Å². The summed E-state index contributed by atoms with van der Waals surface area (Å²) >= 11 is 5.75. The molecule has 3 aliphatic carbocycles. The van der Waals surface area contributed by atoms with E-state index in [1.807, 2.05) is 24.5 Å². The van der Waals surface area contributed by atoms with E-state index in [0.29, 0.717) is 6.42 Å². The maximum atomic E-state index is 13.7. The minimum Gasteiger partial charge on any atom is -0.391 e. The number of aromatic nitrogens is 1. The van der Waals surface area contributed by atoms with Gasteiger partial charge in [-0.3, -0.25) is 0 Å². The van der Waals surface area contributed by atoms with Crippen molar-refractivity contribution >= 4 is 11.6 Å². The zero-order valence-corrected chi connectivity index (χ0v) is 13.6. The monoisotopic (exact) mass is 334 g/mol. The Kier molecular flexibility index (Phi) is 3.34. The lowest BCUT2D eigenvalue weighted by Crippen LogP contribution is -2.63. The van der Waals surface area contributed by atoms with E-state index in [9.17, 15) is 9.50 Å². The lowest BCUT2D eigenvalue weighted by Gasteiger charge is -2.55. The Labute approximate surface area is 139 Å².